The van der Waals surface area contributed by atoms with Gasteiger partial charge in [0.25, 0.3) is 5.91 Å². The maximum atomic E-state index is 11.8. The fourth-order valence-electron chi connectivity index (χ4n) is 1.39. The van der Waals surface area contributed by atoms with Crippen molar-refractivity contribution in [3.63, 3.8) is 0 Å². The SMILES string of the molecule is COC(=O)C(CO)NC(=O)c1ccccc1C. The molecule has 92 valence electrons. The average Bonchev–Trinajstić information content (AvgIpc) is 2.35. The standard InChI is InChI=1S/C12H15NO4/c1-8-5-3-4-6-9(8)11(15)13-10(7-14)12(16)17-2/h3-6,10,14H,7H2,1-2H3,(H,13,15). The molecule has 0 saturated carbocycles. The number of amides is 1. The molecule has 0 spiro atoms. The van der Waals surface area contributed by atoms with Crippen molar-refractivity contribution in [3.05, 3.63) is 35.4 Å². The summed E-state index contributed by atoms with van der Waals surface area (Å²) in [4.78, 5) is 23.0. The molecule has 2 N–H and O–H groups in total. The van der Waals surface area contributed by atoms with E-state index in [2.05, 4.69) is 10.1 Å². The highest BCUT2D eigenvalue weighted by atomic mass is 16.5. The first kappa shape index (κ1) is 13.2. The Balaban J connectivity index is 2.78. The molecule has 1 aromatic rings. The molecule has 0 bridgehead atoms. The van der Waals surface area contributed by atoms with Gasteiger partial charge in [0, 0.05) is 5.56 Å². The number of rotatable bonds is 4. The third kappa shape index (κ3) is 3.29. The Labute approximate surface area is 99.4 Å². The van der Waals surface area contributed by atoms with Crippen molar-refractivity contribution < 1.29 is 19.4 Å². The molecule has 0 aliphatic rings. The van der Waals surface area contributed by atoms with E-state index in [9.17, 15) is 9.59 Å². The van der Waals surface area contributed by atoms with Gasteiger partial charge < -0.3 is 15.2 Å². The molecule has 5 heteroatoms. The number of ether oxygens (including phenoxy) is 1. The van der Waals surface area contributed by atoms with Gasteiger partial charge in [-0.3, -0.25) is 4.79 Å². The Hall–Kier alpha value is -1.88. The van der Waals surface area contributed by atoms with Crippen LogP contribution in [0.4, 0.5) is 0 Å². The monoisotopic (exact) mass is 237 g/mol. The molecule has 1 aromatic carbocycles. The van der Waals surface area contributed by atoms with Gasteiger partial charge >= 0.3 is 5.97 Å². The van der Waals surface area contributed by atoms with Gasteiger partial charge in [0.05, 0.1) is 13.7 Å². The van der Waals surface area contributed by atoms with Gasteiger partial charge in [0.1, 0.15) is 0 Å². The maximum Gasteiger partial charge on any atom is 0.330 e. The number of hydrogen-bond acceptors (Lipinski definition) is 4. The van der Waals surface area contributed by atoms with Crippen molar-refractivity contribution in [1.82, 2.24) is 5.32 Å². The minimum atomic E-state index is -1.04. The fourth-order valence-corrected chi connectivity index (χ4v) is 1.39. The summed E-state index contributed by atoms with van der Waals surface area (Å²) in [5.41, 5.74) is 1.27. The molecular weight excluding hydrogens is 222 g/mol. The van der Waals surface area contributed by atoms with Crippen LogP contribution in [0.15, 0.2) is 24.3 Å². The summed E-state index contributed by atoms with van der Waals surface area (Å²) in [6.07, 6.45) is 0. The highest BCUT2D eigenvalue weighted by Gasteiger charge is 2.21. The fraction of sp³-hybridized carbons (Fsp3) is 0.333. The number of benzene rings is 1. The van der Waals surface area contributed by atoms with Crippen LogP contribution in [0.25, 0.3) is 0 Å². The Bertz CT molecular complexity index is 417. The lowest BCUT2D eigenvalue weighted by molar-refractivity contribution is -0.143. The Morgan fingerprint density at radius 3 is 2.59 bits per heavy atom. The minimum Gasteiger partial charge on any atom is -0.467 e. The van der Waals surface area contributed by atoms with E-state index >= 15 is 0 Å². The highest BCUT2D eigenvalue weighted by Crippen LogP contribution is 2.06. The second-order valence-corrected chi connectivity index (χ2v) is 3.55. The van der Waals surface area contributed by atoms with E-state index in [-0.39, 0.29) is 0 Å². The van der Waals surface area contributed by atoms with Crippen molar-refractivity contribution in [2.24, 2.45) is 0 Å². The van der Waals surface area contributed by atoms with Crippen LogP contribution in [0.2, 0.25) is 0 Å². The lowest BCUT2D eigenvalue weighted by atomic mass is 10.1. The molecule has 5 nitrogen and oxygen atoms in total. The van der Waals surface area contributed by atoms with Gasteiger partial charge in [-0.15, -0.1) is 0 Å². The smallest absolute Gasteiger partial charge is 0.330 e. The summed E-state index contributed by atoms with van der Waals surface area (Å²) < 4.78 is 4.46. The third-order valence-electron chi connectivity index (χ3n) is 2.36. The van der Waals surface area contributed by atoms with E-state index in [0.29, 0.717) is 5.56 Å². The van der Waals surface area contributed by atoms with E-state index < -0.39 is 24.5 Å². The van der Waals surface area contributed by atoms with Crippen LogP contribution in [-0.4, -0.2) is 36.7 Å². The van der Waals surface area contributed by atoms with Crippen LogP contribution in [0, 0.1) is 6.92 Å². The topological polar surface area (TPSA) is 75.6 Å². The quantitative estimate of drug-likeness (QED) is 0.736. The molecule has 0 aliphatic heterocycles. The van der Waals surface area contributed by atoms with E-state index in [1.165, 1.54) is 7.11 Å². The molecule has 1 atom stereocenters. The van der Waals surface area contributed by atoms with Gasteiger partial charge in [-0.1, -0.05) is 18.2 Å². The first-order valence-electron chi connectivity index (χ1n) is 5.15. The second kappa shape index (κ2) is 6.00. The predicted octanol–water partition coefficient (Wildman–Crippen LogP) is 0.259. The molecule has 17 heavy (non-hydrogen) atoms. The predicted molar refractivity (Wildman–Crippen MR) is 61.5 cm³/mol. The Morgan fingerprint density at radius 2 is 2.06 bits per heavy atom. The first-order valence-corrected chi connectivity index (χ1v) is 5.15. The molecule has 0 fully saturated rings. The van der Waals surface area contributed by atoms with Crippen molar-refractivity contribution in [2.75, 3.05) is 13.7 Å². The number of esters is 1. The number of aryl methyl sites for hydroxylation is 1. The van der Waals surface area contributed by atoms with Gasteiger partial charge in [0.2, 0.25) is 0 Å². The molecular formula is C12H15NO4. The summed E-state index contributed by atoms with van der Waals surface area (Å²) >= 11 is 0. The Morgan fingerprint density at radius 1 is 1.41 bits per heavy atom. The Kier molecular flexibility index (Phi) is 4.66. The summed E-state index contributed by atoms with van der Waals surface area (Å²) in [5, 5.41) is 11.4. The summed E-state index contributed by atoms with van der Waals surface area (Å²) in [6, 6.07) is 5.95. The van der Waals surface area contributed by atoms with Gasteiger partial charge in [-0.2, -0.15) is 0 Å². The van der Waals surface area contributed by atoms with Gasteiger partial charge in [-0.25, -0.2) is 4.79 Å². The first-order chi connectivity index (χ1) is 8.10. The molecule has 0 heterocycles. The number of carbonyl (C=O) groups is 2. The summed E-state index contributed by atoms with van der Waals surface area (Å²) in [6.45, 7) is 1.30. The number of nitrogens with one attached hydrogen (secondary N) is 1. The number of hydrogen-bond donors (Lipinski definition) is 2. The number of carbonyl (C=O) groups excluding carboxylic acids is 2. The number of aliphatic hydroxyl groups is 1. The van der Waals surface area contributed by atoms with E-state index in [1.54, 1.807) is 25.1 Å². The van der Waals surface area contributed by atoms with E-state index in [4.69, 9.17) is 5.11 Å². The molecule has 0 aliphatic carbocycles. The van der Waals surface area contributed by atoms with Crippen molar-refractivity contribution >= 4 is 11.9 Å². The van der Waals surface area contributed by atoms with Crippen LogP contribution >= 0.6 is 0 Å². The maximum absolute atomic E-state index is 11.8. The zero-order chi connectivity index (χ0) is 12.8. The summed E-state index contributed by atoms with van der Waals surface area (Å²) in [5.74, 6) is -1.08. The largest absolute Gasteiger partial charge is 0.467 e. The van der Waals surface area contributed by atoms with Crippen LogP contribution < -0.4 is 5.32 Å². The molecule has 1 rings (SSSR count). The minimum absolute atomic E-state index is 0.410. The van der Waals surface area contributed by atoms with Crippen LogP contribution in [0.3, 0.4) is 0 Å². The average molecular weight is 237 g/mol. The van der Waals surface area contributed by atoms with Crippen LogP contribution in [0.1, 0.15) is 15.9 Å². The van der Waals surface area contributed by atoms with E-state index in [1.807, 2.05) is 6.07 Å². The summed E-state index contributed by atoms with van der Waals surface area (Å²) in [7, 11) is 1.20. The second-order valence-electron chi connectivity index (χ2n) is 3.55. The van der Waals surface area contributed by atoms with Gasteiger partial charge in [0.15, 0.2) is 6.04 Å². The molecule has 1 amide bonds. The lowest BCUT2D eigenvalue weighted by Gasteiger charge is -2.14. The molecule has 0 aromatic heterocycles. The van der Waals surface area contributed by atoms with Crippen LogP contribution in [-0.2, 0) is 9.53 Å². The van der Waals surface area contributed by atoms with Crippen molar-refractivity contribution in [1.29, 1.82) is 0 Å². The van der Waals surface area contributed by atoms with Crippen LogP contribution in [0.5, 0.6) is 0 Å². The lowest BCUT2D eigenvalue weighted by Crippen LogP contribution is -2.44. The number of aliphatic hydroxyl groups excluding tert-OH is 1. The van der Waals surface area contributed by atoms with E-state index in [0.717, 1.165) is 5.56 Å². The molecule has 0 saturated heterocycles. The highest BCUT2D eigenvalue weighted by molar-refractivity contribution is 5.97. The van der Waals surface area contributed by atoms with Gasteiger partial charge in [-0.05, 0) is 18.6 Å². The zero-order valence-electron chi connectivity index (χ0n) is 9.77. The third-order valence-corrected chi connectivity index (χ3v) is 2.36. The molecule has 0 radical (unpaired) electrons. The van der Waals surface area contributed by atoms with Crippen molar-refractivity contribution in [2.45, 2.75) is 13.0 Å². The number of methoxy groups -OCH3 is 1. The van der Waals surface area contributed by atoms with Crippen molar-refractivity contribution in [3.8, 4) is 0 Å². The zero-order valence-corrected chi connectivity index (χ0v) is 9.77. The normalized spacial score (nSPS) is 11.7. The molecule has 1 unspecified atom stereocenters.